The van der Waals surface area contributed by atoms with Crippen molar-refractivity contribution in [2.75, 3.05) is 41.5 Å². The number of likely N-dealkylation sites (N-methyl/N-ethyl adjacent to an activating group) is 1. The van der Waals surface area contributed by atoms with E-state index in [1.807, 2.05) is 37.2 Å². The van der Waals surface area contributed by atoms with Crippen molar-refractivity contribution in [2.24, 2.45) is 0 Å². The monoisotopic (exact) mass is 269 g/mol. The summed E-state index contributed by atoms with van der Waals surface area (Å²) < 4.78 is 15.9. The topological polar surface area (TPSA) is 51.2 Å². The van der Waals surface area contributed by atoms with Crippen LogP contribution in [-0.4, -0.2) is 57.6 Å². The number of aliphatic hydroxyl groups excluding tert-OH is 1. The molecule has 0 fully saturated rings. The molecule has 0 aliphatic heterocycles. The van der Waals surface area contributed by atoms with E-state index in [2.05, 4.69) is 0 Å². The summed E-state index contributed by atoms with van der Waals surface area (Å²) in [5.74, 6) is 1.51. The van der Waals surface area contributed by atoms with Gasteiger partial charge in [0.25, 0.3) is 0 Å². The third-order valence-corrected chi connectivity index (χ3v) is 2.63. The summed E-state index contributed by atoms with van der Waals surface area (Å²) in [6.07, 6.45) is -0.494. The van der Waals surface area contributed by atoms with E-state index < -0.39 is 6.10 Å². The molecule has 0 saturated carbocycles. The Kier molecular flexibility index (Phi) is 6.62. The Hall–Kier alpha value is -1.30. The van der Waals surface area contributed by atoms with Gasteiger partial charge in [-0.15, -0.1) is 0 Å². The van der Waals surface area contributed by atoms with E-state index in [0.717, 1.165) is 17.1 Å². The summed E-state index contributed by atoms with van der Waals surface area (Å²) in [4.78, 5) is 1.92. The van der Waals surface area contributed by atoms with Crippen molar-refractivity contribution in [2.45, 2.75) is 12.7 Å². The predicted molar refractivity (Wildman–Crippen MR) is 73.8 cm³/mol. The molecule has 5 nitrogen and oxygen atoms in total. The fraction of sp³-hybridized carbons (Fsp3) is 0.571. The number of ether oxygens (including phenoxy) is 3. The zero-order valence-electron chi connectivity index (χ0n) is 12.0. The molecule has 0 heterocycles. The van der Waals surface area contributed by atoms with Gasteiger partial charge in [-0.2, -0.15) is 0 Å². The quantitative estimate of drug-likeness (QED) is 0.767. The van der Waals surface area contributed by atoms with E-state index in [1.165, 1.54) is 0 Å². The Balaban J connectivity index is 2.51. The number of rotatable bonds is 8. The van der Waals surface area contributed by atoms with Gasteiger partial charge in [0.05, 0.1) is 33.5 Å². The summed E-state index contributed by atoms with van der Waals surface area (Å²) in [5.41, 5.74) is 0.902. The smallest absolute Gasteiger partial charge is 0.124 e. The van der Waals surface area contributed by atoms with Crippen LogP contribution < -0.4 is 9.47 Å². The molecule has 108 valence electrons. The Morgan fingerprint density at radius 2 is 1.95 bits per heavy atom. The van der Waals surface area contributed by atoms with E-state index in [-0.39, 0.29) is 0 Å². The van der Waals surface area contributed by atoms with Crippen molar-refractivity contribution >= 4 is 0 Å². The van der Waals surface area contributed by atoms with Crippen LogP contribution >= 0.6 is 0 Å². The maximum Gasteiger partial charge on any atom is 0.124 e. The number of aliphatic hydroxyl groups is 1. The molecule has 1 aromatic rings. The lowest BCUT2D eigenvalue weighted by Crippen LogP contribution is -2.29. The Labute approximate surface area is 114 Å². The van der Waals surface area contributed by atoms with Crippen molar-refractivity contribution in [1.29, 1.82) is 0 Å². The standard InChI is InChI=1S/C14H23NO4/c1-15(2)8-12(16)10-19-9-11-7-13(17-3)5-6-14(11)18-4/h5-7,12,16H,8-10H2,1-4H3/t12-/m1/s1. The van der Waals surface area contributed by atoms with E-state index >= 15 is 0 Å². The van der Waals surface area contributed by atoms with Crippen LogP contribution in [0.2, 0.25) is 0 Å². The number of hydrogen-bond acceptors (Lipinski definition) is 5. The molecule has 1 N–H and O–H groups in total. The second-order valence-electron chi connectivity index (χ2n) is 4.61. The molecule has 1 rings (SSSR count). The van der Waals surface area contributed by atoms with Crippen LogP contribution in [0.4, 0.5) is 0 Å². The Bertz CT molecular complexity index is 382. The molecule has 19 heavy (non-hydrogen) atoms. The molecule has 1 aromatic carbocycles. The molecule has 0 bridgehead atoms. The molecule has 1 atom stereocenters. The normalized spacial score (nSPS) is 12.5. The van der Waals surface area contributed by atoms with Gasteiger partial charge >= 0.3 is 0 Å². The van der Waals surface area contributed by atoms with Crippen molar-refractivity contribution in [3.8, 4) is 11.5 Å². The van der Waals surface area contributed by atoms with Gasteiger partial charge in [0.15, 0.2) is 0 Å². The summed E-state index contributed by atoms with van der Waals surface area (Å²) in [6, 6.07) is 5.55. The summed E-state index contributed by atoms with van der Waals surface area (Å²) in [5, 5.41) is 9.70. The highest BCUT2D eigenvalue weighted by molar-refractivity contribution is 5.39. The van der Waals surface area contributed by atoms with E-state index in [0.29, 0.717) is 19.8 Å². The van der Waals surface area contributed by atoms with Crippen molar-refractivity contribution < 1.29 is 19.3 Å². The molecule has 0 aliphatic carbocycles. The lowest BCUT2D eigenvalue weighted by atomic mass is 10.2. The first-order valence-electron chi connectivity index (χ1n) is 6.18. The van der Waals surface area contributed by atoms with E-state index in [4.69, 9.17) is 14.2 Å². The first-order valence-corrected chi connectivity index (χ1v) is 6.18. The van der Waals surface area contributed by atoms with Crippen molar-refractivity contribution in [1.82, 2.24) is 4.90 Å². The summed E-state index contributed by atoms with van der Waals surface area (Å²) >= 11 is 0. The highest BCUT2D eigenvalue weighted by Gasteiger charge is 2.08. The SMILES string of the molecule is COc1ccc(OC)c(COC[C@H](O)CN(C)C)c1. The lowest BCUT2D eigenvalue weighted by molar-refractivity contribution is 0.0163. The average molecular weight is 269 g/mol. The molecule has 5 heteroatoms. The van der Waals surface area contributed by atoms with Gasteiger partial charge in [-0.25, -0.2) is 0 Å². The molecule has 0 unspecified atom stereocenters. The zero-order valence-corrected chi connectivity index (χ0v) is 12.0. The van der Waals surface area contributed by atoms with Crippen molar-refractivity contribution in [3.63, 3.8) is 0 Å². The lowest BCUT2D eigenvalue weighted by Gasteiger charge is -2.16. The number of benzene rings is 1. The third-order valence-electron chi connectivity index (χ3n) is 2.63. The first-order chi connectivity index (χ1) is 9.06. The minimum atomic E-state index is -0.494. The predicted octanol–water partition coefficient (Wildman–Crippen LogP) is 1.14. The molecule has 0 saturated heterocycles. The maximum absolute atomic E-state index is 9.70. The number of hydrogen-bond donors (Lipinski definition) is 1. The zero-order chi connectivity index (χ0) is 14.3. The highest BCUT2D eigenvalue weighted by Crippen LogP contribution is 2.24. The van der Waals surface area contributed by atoms with Gasteiger partial charge in [0.1, 0.15) is 11.5 Å². The van der Waals surface area contributed by atoms with Crippen molar-refractivity contribution in [3.05, 3.63) is 23.8 Å². The van der Waals surface area contributed by atoms with Crippen LogP contribution in [0.3, 0.4) is 0 Å². The highest BCUT2D eigenvalue weighted by atomic mass is 16.5. The second-order valence-corrected chi connectivity index (χ2v) is 4.61. The fourth-order valence-electron chi connectivity index (χ4n) is 1.77. The van der Waals surface area contributed by atoms with Gasteiger partial charge in [0, 0.05) is 12.1 Å². The van der Waals surface area contributed by atoms with Gasteiger partial charge in [-0.3, -0.25) is 0 Å². The summed E-state index contributed by atoms with van der Waals surface area (Å²) in [7, 11) is 7.06. The summed E-state index contributed by atoms with van der Waals surface area (Å²) in [6.45, 7) is 1.25. The van der Waals surface area contributed by atoms with Gasteiger partial charge in [0.2, 0.25) is 0 Å². The minimum absolute atomic E-state index is 0.290. The van der Waals surface area contributed by atoms with Crippen LogP contribution in [0.15, 0.2) is 18.2 Å². The molecule has 0 aliphatic rings. The van der Waals surface area contributed by atoms with Gasteiger partial charge in [-0.05, 0) is 32.3 Å². The Morgan fingerprint density at radius 3 is 2.53 bits per heavy atom. The van der Waals surface area contributed by atoms with Gasteiger partial charge < -0.3 is 24.2 Å². The second kappa shape index (κ2) is 7.99. The van der Waals surface area contributed by atoms with Crippen LogP contribution in [0.1, 0.15) is 5.56 Å². The molecular formula is C14H23NO4. The molecular weight excluding hydrogens is 246 g/mol. The van der Waals surface area contributed by atoms with Crippen LogP contribution in [0.25, 0.3) is 0 Å². The van der Waals surface area contributed by atoms with Gasteiger partial charge in [-0.1, -0.05) is 0 Å². The number of methoxy groups -OCH3 is 2. The largest absolute Gasteiger partial charge is 0.497 e. The molecule has 0 amide bonds. The third kappa shape index (κ3) is 5.46. The Morgan fingerprint density at radius 1 is 1.21 bits per heavy atom. The molecule has 0 spiro atoms. The van der Waals surface area contributed by atoms with Crippen LogP contribution in [0, 0.1) is 0 Å². The first kappa shape index (κ1) is 15.8. The van der Waals surface area contributed by atoms with E-state index in [9.17, 15) is 5.11 Å². The van der Waals surface area contributed by atoms with E-state index in [1.54, 1.807) is 14.2 Å². The molecule has 0 aromatic heterocycles. The fourth-order valence-corrected chi connectivity index (χ4v) is 1.77. The number of nitrogens with zero attached hydrogens (tertiary/aromatic N) is 1. The van der Waals surface area contributed by atoms with Crippen LogP contribution in [-0.2, 0) is 11.3 Å². The minimum Gasteiger partial charge on any atom is -0.497 e. The van der Waals surface area contributed by atoms with Crippen LogP contribution in [0.5, 0.6) is 11.5 Å². The average Bonchev–Trinajstić information content (AvgIpc) is 2.37. The molecule has 0 radical (unpaired) electrons. The maximum atomic E-state index is 9.70.